The first-order valence-corrected chi connectivity index (χ1v) is 9.11. The van der Waals surface area contributed by atoms with Crippen LogP contribution in [0.1, 0.15) is 0 Å². The number of pyridine rings is 1. The number of ether oxygens (including phenoxy) is 2. The molecule has 0 unspecified atom stereocenters. The maximum absolute atomic E-state index is 13.4. The van der Waals surface area contributed by atoms with E-state index in [2.05, 4.69) is 15.6 Å². The summed E-state index contributed by atoms with van der Waals surface area (Å²) >= 11 is 0. The van der Waals surface area contributed by atoms with Gasteiger partial charge in [0.2, 0.25) is 0 Å². The number of halogens is 1. The summed E-state index contributed by atoms with van der Waals surface area (Å²) in [5.74, 6) is 1.21. The van der Waals surface area contributed by atoms with Gasteiger partial charge < -0.3 is 14.8 Å². The molecule has 0 saturated heterocycles. The number of anilines is 2. The van der Waals surface area contributed by atoms with Gasteiger partial charge in [-0.15, -0.1) is 0 Å². The summed E-state index contributed by atoms with van der Waals surface area (Å²) < 4.78 is 25.6. The lowest BCUT2D eigenvalue weighted by Gasteiger charge is -2.12. The Morgan fingerprint density at radius 3 is 2.33 bits per heavy atom. The van der Waals surface area contributed by atoms with Crippen LogP contribution in [0.2, 0.25) is 0 Å². The first kappa shape index (κ1) is 19.3. The lowest BCUT2D eigenvalue weighted by molar-refractivity contribution is 0.262. The molecule has 2 aromatic heterocycles. The van der Waals surface area contributed by atoms with Crippen LogP contribution in [0.5, 0.6) is 11.5 Å². The van der Waals surface area contributed by atoms with Gasteiger partial charge in [0.1, 0.15) is 34.5 Å². The van der Waals surface area contributed by atoms with Crippen molar-refractivity contribution in [3.05, 3.63) is 72.7 Å². The van der Waals surface area contributed by atoms with Crippen molar-refractivity contribution in [1.29, 1.82) is 0 Å². The lowest BCUT2D eigenvalue weighted by atomic mass is 10.1. The third-order valence-corrected chi connectivity index (χ3v) is 4.49. The quantitative estimate of drug-likeness (QED) is 0.499. The fourth-order valence-corrected chi connectivity index (χ4v) is 3.07. The van der Waals surface area contributed by atoms with Crippen molar-refractivity contribution >= 4 is 23.2 Å². The molecule has 2 N–H and O–H groups in total. The Labute approximate surface area is 172 Å². The molecule has 0 saturated carbocycles. The zero-order chi connectivity index (χ0) is 21.1. The zero-order valence-electron chi connectivity index (χ0n) is 16.3. The normalized spacial score (nSPS) is 10.6. The molecule has 4 aromatic rings. The summed E-state index contributed by atoms with van der Waals surface area (Å²) in [5, 5.41) is 5.62. The van der Waals surface area contributed by atoms with Gasteiger partial charge in [0, 0.05) is 35.6 Å². The van der Waals surface area contributed by atoms with E-state index in [0.717, 1.165) is 0 Å². The van der Waals surface area contributed by atoms with E-state index >= 15 is 0 Å². The van der Waals surface area contributed by atoms with Crippen LogP contribution < -0.4 is 20.1 Å². The summed E-state index contributed by atoms with van der Waals surface area (Å²) in [7, 11) is 3.07. The highest BCUT2D eigenvalue weighted by molar-refractivity contribution is 6.02. The first-order valence-electron chi connectivity index (χ1n) is 9.11. The molecule has 2 amide bonds. The van der Waals surface area contributed by atoms with Crippen molar-refractivity contribution in [2.75, 3.05) is 24.9 Å². The Kier molecular flexibility index (Phi) is 5.21. The zero-order valence-corrected chi connectivity index (χ0v) is 16.3. The number of carbonyl (C=O) groups is 1. The molecule has 0 aliphatic rings. The molecule has 2 aromatic carbocycles. The molecule has 7 nitrogen and oxygen atoms in total. The van der Waals surface area contributed by atoms with Crippen molar-refractivity contribution in [2.24, 2.45) is 0 Å². The summed E-state index contributed by atoms with van der Waals surface area (Å²) in [6.45, 7) is 0. The Balaban J connectivity index is 1.67. The number of hydrogen-bond donors (Lipinski definition) is 2. The molecule has 8 heteroatoms. The second-order valence-corrected chi connectivity index (χ2v) is 6.43. The molecule has 0 spiro atoms. The second-order valence-electron chi connectivity index (χ2n) is 6.43. The average Bonchev–Trinajstić information content (AvgIpc) is 3.12. The minimum atomic E-state index is -0.473. The summed E-state index contributed by atoms with van der Waals surface area (Å²) in [5.41, 5.74) is 2.36. The van der Waals surface area contributed by atoms with Gasteiger partial charge in [-0.2, -0.15) is 0 Å². The Hall–Kier alpha value is -4.07. The number of fused-ring (bicyclic) bond motifs is 1. The van der Waals surface area contributed by atoms with Gasteiger partial charge >= 0.3 is 6.03 Å². The number of benzene rings is 2. The molecule has 152 valence electrons. The molecule has 0 bridgehead atoms. The highest BCUT2D eigenvalue weighted by Gasteiger charge is 2.17. The minimum Gasteiger partial charge on any atom is -0.497 e. The highest BCUT2D eigenvalue weighted by Crippen LogP contribution is 2.30. The molecule has 0 aliphatic carbocycles. The van der Waals surface area contributed by atoms with Gasteiger partial charge in [-0.05, 0) is 36.4 Å². The van der Waals surface area contributed by atoms with E-state index in [-0.39, 0.29) is 5.82 Å². The molecule has 30 heavy (non-hydrogen) atoms. The molecule has 0 radical (unpaired) electrons. The van der Waals surface area contributed by atoms with E-state index in [1.165, 1.54) is 26.4 Å². The Morgan fingerprint density at radius 1 is 0.967 bits per heavy atom. The summed E-state index contributed by atoms with van der Waals surface area (Å²) in [6, 6.07) is 16.0. The maximum Gasteiger partial charge on any atom is 0.324 e. The number of methoxy groups -OCH3 is 2. The third kappa shape index (κ3) is 3.88. The largest absolute Gasteiger partial charge is 0.497 e. The smallest absolute Gasteiger partial charge is 0.324 e. The number of nitrogens with zero attached hydrogens (tertiary/aromatic N) is 2. The maximum atomic E-state index is 13.4. The third-order valence-electron chi connectivity index (χ3n) is 4.49. The van der Waals surface area contributed by atoms with E-state index in [0.29, 0.717) is 39.9 Å². The van der Waals surface area contributed by atoms with E-state index in [1.54, 1.807) is 40.9 Å². The molecule has 0 aliphatic heterocycles. The molecular formula is C22H19FN4O3. The first-order chi connectivity index (χ1) is 14.6. The number of hydrogen-bond acceptors (Lipinski definition) is 4. The number of aromatic nitrogens is 2. The van der Waals surface area contributed by atoms with E-state index in [1.807, 2.05) is 18.2 Å². The van der Waals surface area contributed by atoms with E-state index in [9.17, 15) is 9.18 Å². The number of amides is 2. The molecular weight excluding hydrogens is 387 g/mol. The highest BCUT2D eigenvalue weighted by atomic mass is 19.1. The minimum absolute atomic E-state index is 0.346. The summed E-state index contributed by atoms with van der Waals surface area (Å²) in [6.07, 6.45) is 1.79. The predicted octanol–water partition coefficient (Wildman–Crippen LogP) is 4.80. The number of rotatable bonds is 5. The second kappa shape index (κ2) is 8.12. The van der Waals surface area contributed by atoms with Crippen LogP contribution in [-0.4, -0.2) is 29.6 Å². The number of nitrogens with one attached hydrogen (secondary N) is 2. The van der Waals surface area contributed by atoms with Crippen LogP contribution in [0.25, 0.3) is 16.9 Å². The van der Waals surface area contributed by atoms with Crippen molar-refractivity contribution < 1.29 is 18.7 Å². The average molecular weight is 406 g/mol. The van der Waals surface area contributed by atoms with Gasteiger partial charge in [-0.3, -0.25) is 9.72 Å². The fourth-order valence-electron chi connectivity index (χ4n) is 3.07. The molecule has 0 fully saturated rings. The monoisotopic (exact) mass is 406 g/mol. The topological polar surface area (TPSA) is 76.9 Å². The predicted molar refractivity (Wildman–Crippen MR) is 113 cm³/mol. The standard InChI is InChI=1S/C22H19FN4O3/c1-29-17-11-16(12-18(13-17)30-2)24-22(28)26-21-20(14-6-8-15(23)9-7-14)25-19-5-3-4-10-27(19)21/h3-13H,1-2H3,(H2,24,26,28). The van der Waals surface area contributed by atoms with Crippen LogP contribution >= 0.6 is 0 Å². The van der Waals surface area contributed by atoms with Crippen LogP contribution in [0.15, 0.2) is 66.9 Å². The van der Waals surface area contributed by atoms with Crippen molar-refractivity contribution in [1.82, 2.24) is 9.38 Å². The number of carbonyl (C=O) groups excluding carboxylic acids is 1. The van der Waals surface area contributed by atoms with E-state index in [4.69, 9.17) is 9.47 Å². The van der Waals surface area contributed by atoms with Gasteiger partial charge in [0.05, 0.1) is 14.2 Å². The Bertz CT molecular complexity index is 1180. The summed E-state index contributed by atoms with van der Waals surface area (Å²) in [4.78, 5) is 17.3. The Morgan fingerprint density at radius 2 is 1.67 bits per heavy atom. The lowest BCUT2D eigenvalue weighted by Crippen LogP contribution is -2.20. The fraction of sp³-hybridized carbons (Fsp3) is 0.0909. The van der Waals surface area contributed by atoms with Gasteiger partial charge in [0.25, 0.3) is 0 Å². The van der Waals surface area contributed by atoms with Crippen molar-refractivity contribution in [2.45, 2.75) is 0 Å². The van der Waals surface area contributed by atoms with E-state index < -0.39 is 6.03 Å². The number of urea groups is 1. The van der Waals surface area contributed by atoms with Crippen LogP contribution in [0.4, 0.5) is 20.7 Å². The van der Waals surface area contributed by atoms with Crippen LogP contribution in [0, 0.1) is 5.82 Å². The molecule has 0 atom stereocenters. The molecule has 2 heterocycles. The van der Waals surface area contributed by atoms with Gasteiger partial charge in [-0.1, -0.05) is 6.07 Å². The van der Waals surface area contributed by atoms with Gasteiger partial charge in [-0.25, -0.2) is 14.2 Å². The van der Waals surface area contributed by atoms with Crippen molar-refractivity contribution in [3.63, 3.8) is 0 Å². The number of imidazole rings is 1. The van der Waals surface area contributed by atoms with Crippen LogP contribution in [-0.2, 0) is 0 Å². The SMILES string of the molecule is COc1cc(NC(=O)Nc2c(-c3ccc(F)cc3)nc3ccccn23)cc(OC)c1. The van der Waals surface area contributed by atoms with Crippen LogP contribution in [0.3, 0.4) is 0 Å². The van der Waals surface area contributed by atoms with Gasteiger partial charge in [0.15, 0.2) is 0 Å². The molecule has 4 rings (SSSR count). The van der Waals surface area contributed by atoms with Crippen molar-refractivity contribution in [3.8, 4) is 22.8 Å².